The number of nitrogens with zero attached hydrogens (tertiary/aromatic N) is 1. The zero-order valence-electron chi connectivity index (χ0n) is 9.90. The van der Waals surface area contributed by atoms with Crippen molar-refractivity contribution in [3.05, 3.63) is 22.7 Å². The molecule has 0 aromatic heterocycles. The minimum absolute atomic E-state index is 0.0404. The number of rotatable bonds is 3. The first-order valence-corrected chi connectivity index (χ1v) is 6.03. The minimum Gasteiger partial charge on any atom is -0.493 e. The van der Waals surface area contributed by atoms with Crippen LogP contribution in [0, 0.1) is 17.2 Å². The molecular formula is C13H12ClNO3. The van der Waals surface area contributed by atoms with Gasteiger partial charge in [-0.1, -0.05) is 18.0 Å². The second kappa shape index (κ2) is 5.28. The molecule has 1 saturated carbocycles. The molecule has 0 radical (unpaired) electrons. The Balaban J connectivity index is 2.26. The first-order valence-electron chi connectivity index (χ1n) is 5.65. The van der Waals surface area contributed by atoms with Gasteiger partial charge in [-0.25, -0.2) is 0 Å². The van der Waals surface area contributed by atoms with E-state index in [4.69, 9.17) is 26.3 Å². The molecule has 0 aliphatic heterocycles. The van der Waals surface area contributed by atoms with Gasteiger partial charge in [0.1, 0.15) is 0 Å². The van der Waals surface area contributed by atoms with Gasteiger partial charge in [0.2, 0.25) is 0 Å². The lowest BCUT2D eigenvalue weighted by Gasteiger charge is -2.23. The summed E-state index contributed by atoms with van der Waals surface area (Å²) < 4.78 is 10.4. The van der Waals surface area contributed by atoms with E-state index in [0.717, 1.165) is 19.3 Å². The molecule has 18 heavy (non-hydrogen) atoms. The molecule has 4 nitrogen and oxygen atoms in total. The van der Waals surface area contributed by atoms with Crippen molar-refractivity contribution in [2.75, 3.05) is 7.11 Å². The van der Waals surface area contributed by atoms with Gasteiger partial charge >= 0.3 is 5.97 Å². The van der Waals surface area contributed by atoms with E-state index in [0.29, 0.717) is 11.3 Å². The van der Waals surface area contributed by atoms with Crippen LogP contribution in [0.2, 0.25) is 5.02 Å². The normalized spacial score (nSPS) is 14.5. The van der Waals surface area contributed by atoms with E-state index in [1.165, 1.54) is 19.2 Å². The maximum atomic E-state index is 11.8. The van der Waals surface area contributed by atoms with Crippen LogP contribution in [0.5, 0.6) is 11.5 Å². The van der Waals surface area contributed by atoms with E-state index in [9.17, 15) is 4.79 Å². The summed E-state index contributed by atoms with van der Waals surface area (Å²) in [6.45, 7) is 0. The van der Waals surface area contributed by atoms with Crippen molar-refractivity contribution in [2.24, 2.45) is 5.92 Å². The van der Waals surface area contributed by atoms with Gasteiger partial charge in [-0.2, -0.15) is 5.26 Å². The van der Waals surface area contributed by atoms with Crippen LogP contribution in [0.3, 0.4) is 0 Å². The van der Waals surface area contributed by atoms with Gasteiger partial charge in [0, 0.05) is 6.07 Å². The zero-order valence-corrected chi connectivity index (χ0v) is 10.7. The van der Waals surface area contributed by atoms with Crippen molar-refractivity contribution < 1.29 is 14.3 Å². The predicted molar refractivity (Wildman–Crippen MR) is 65.7 cm³/mol. The van der Waals surface area contributed by atoms with E-state index in [2.05, 4.69) is 0 Å². The number of esters is 1. The number of benzene rings is 1. The first kappa shape index (κ1) is 12.7. The Hall–Kier alpha value is -1.73. The van der Waals surface area contributed by atoms with Gasteiger partial charge in [-0.05, 0) is 18.9 Å². The third kappa shape index (κ3) is 2.41. The van der Waals surface area contributed by atoms with Crippen LogP contribution in [-0.4, -0.2) is 13.1 Å². The highest BCUT2D eigenvalue weighted by Crippen LogP contribution is 2.38. The quantitative estimate of drug-likeness (QED) is 0.623. The van der Waals surface area contributed by atoms with Crippen molar-refractivity contribution in [2.45, 2.75) is 19.3 Å². The SMILES string of the molecule is COc1cc(C#N)cc(Cl)c1OC(=O)C1CCC1. The van der Waals surface area contributed by atoms with E-state index >= 15 is 0 Å². The fourth-order valence-corrected chi connectivity index (χ4v) is 1.96. The Labute approximate surface area is 110 Å². The van der Waals surface area contributed by atoms with E-state index in [1.807, 2.05) is 6.07 Å². The maximum Gasteiger partial charge on any atom is 0.314 e. The number of nitriles is 1. The lowest BCUT2D eigenvalue weighted by molar-refractivity contribution is -0.141. The largest absolute Gasteiger partial charge is 0.493 e. The van der Waals surface area contributed by atoms with Crippen molar-refractivity contribution in [3.63, 3.8) is 0 Å². The Morgan fingerprint density at radius 2 is 2.22 bits per heavy atom. The molecule has 0 bridgehead atoms. The van der Waals surface area contributed by atoms with E-state index in [-0.39, 0.29) is 22.7 Å². The molecule has 0 heterocycles. The fourth-order valence-electron chi connectivity index (χ4n) is 1.71. The van der Waals surface area contributed by atoms with Crippen molar-refractivity contribution in [1.82, 2.24) is 0 Å². The number of carbonyl (C=O) groups excluding carboxylic acids is 1. The highest BCUT2D eigenvalue weighted by molar-refractivity contribution is 6.32. The van der Waals surface area contributed by atoms with Crippen LogP contribution in [-0.2, 0) is 4.79 Å². The molecule has 1 aromatic carbocycles. The summed E-state index contributed by atoms with van der Waals surface area (Å²) in [5.41, 5.74) is 0.361. The van der Waals surface area contributed by atoms with Crippen molar-refractivity contribution >= 4 is 17.6 Å². The highest BCUT2D eigenvalue weighted by atomic mass is 35.5. The molecule has 0 N–H and O–H groups in total. The molecule has 0 atom stereocenters. The standard InChI is InChI=1S/C13H12ClNO3/c1-17-11-6-8(7-15)5-10(14)12(11)18-13(16)9-3-2-4-9/h5-6,9H,2-4H2,1H3. The smallest absolute Gasteiger partial charge is 0.314 e. The molecule has 5 heteroatoms. The zero-order chi connectivity index (χ0) is 13.1. The van der Waals surface area contributed by atoms with E-state index in [1.54, 1.807) is 0 Å². The number of hydrogen-bond acceptors (Lipinski definition) is 4. The van der Waals surface area contributed by atoms with Gasteiger partial charge < -0.3 is 9.47 Å². The summed E-state index contributed by atoms with van der Waals surface area (Å²) in [6.07, 6.45) is 2.77. The summed E-state index contributed by atoms with van der Waals surface area (Å²) in [7, 11) is 1.44. The molecule has 1 aliphatic carbocycles. The molecule has 0 amide bonds. The molecular weight excluding hydrogens is 254 g/mol. The third-order valence-electron chi connectivity index (χ3n) is 3.00. The number of halogens is 1. The second-order valence-electron chi connectivity index (χ2n) is 4.15. The van der Waals surface area contributed by atoms with Crippen LogP contribution < -0.4 is 9.47 Å². The van der Waals surface area contributed by atoms with Crippen LogP contribution >= 0.6 is 11.6 Å². The molecule has 0 saturated heterocycles. The monoisotopic (exact) mass is 265 g/mol. The molecule has 1 aliphatic rings. The Morgan fingerprint density at radius 1 is 1.50 bits per heavy atom. The Morgan fingerprint density at radius 3 is 2.72 bits per heavy atom. The summed E-state index contributed by atoms with van der Waals surface area (Å²) in [5.74, 6) is 0.161. The van der Waals surface area contributed by atoms with Crippen LogP contribution in [0.4, 0.5) is 0 Å². The lowest BCUT2D eigenvalue weighted by atomic mass is 9.86. The number of methoxy groups -OCH3 is 1. The first-order chi connectivity index (χ1) is 8.65. The maximum absolute atomic E-state index is 11.8. The number of hydrogen-bond donors (Lipinski definition) is 0. The van der Waals surface area contributed by atoms with Crippen LogP contribution in [0.25, 0.3) is 0 Å². The Kier molecular flexibility index (Phi) is 3.73. The van der Waals surface area contributed by atoms with Gasteiger partial charge in [0.15, 0.2) is 11.5 Å². The molecule has 0 unspecified atom stereocenters. The minimum atomic E-state index is -0.286. The summed E-state index contributed by atoms with van der Waals surface area (Å²) in [4.78, 5) is 11.8. The third-order valence-corrected chi connectivity index (χ3v) is 3.28. The van der Waals surface area contributed by atoms with Crippen molar-refractivity contribution in [3.8, 4) is 17.6 Å². The number of carbonyl (C=O) groups is 1. The second-order valence-corrected chi connectivity index (χ2v) is 4.56. The average Bonchev–Trinajstić information content (AvgIpc) is 2.29. The molecule has 1 aromatic rings. The molecule has 2 rings (SSSR count). The molecule has 0 spiro atoms. The van der Waals surface area contributed by atoms with Gasteiger partial charge in [-0.3, -0.25) is 4.79 Å². The fraction of sp³-hybridized carbons (Fsp3) is 0.385. The van der Waals surface area contributed by atoms with Gasteiger partial charge in [0.25, 0.3) is 0 Å². The highest BCUT2D eigenvalue weighted by Gasteiger charge is 2.28. The lowest BCUT2D eigenvalue weighted by Crippen LogP contribution is -2.26. The van der Waals surface area contributed by atoms with Crippen molar-refractivity contribution in [1.29, 1.82) is 5.26 Å². The van der Waals surface area contributed by atoms with Gasteiger partial charge in [0.05, 0.1) is 29.7 Å². The summed E-state index contributed by atoms with van der Waals surface area (Å²) >= 11 is 5.99. The molecule has 1 fully saturated rings. The molecule has 94 valence electrons. The summed E-state index contributed by atoms with van der Waals surface area (Å²) in [5, 5.41) is 9.03. The van der Waals surface area contributed by atoms with Gasteiger partial charge in [-0.15, -0.1) is 0 Å². The average molecular weight is 266 g/mol. The topological polar surface area (TPSA) is 59.3 Å². The van der Waals surface area contributed by atoms with E-state index < -0.39 is 0 Å². The predicted octanol–water partition coefficient (Wildman–Crippen LogP) is 2.93. The van der Waals surface area contributed by atoms with Crippen LogP contribution in [0.1, 0.15) is 24.8 Å². The Bertz CT molecular complexity index is 518. The summed E-state index contributed by atoms with van der Waals surface area (Å²) in [6, 6.07) is 4.91. The number of ether oxygens (including phenoxy) is 2. The van der Waals surface area contributed by atoms with Crippen LogP contribution in [0.15, 0.2) is 12.1 Å².